The van der Waals surface area contributed by atoms with Gasteiger partial charge in [-0.15, -0.1) is 16.4 Å². The van der Waals surface area contributed by atoms with Crippen molar-refractivity contribution < 1.29 is 13.6 Å². The number of aromatic nitrogens is 6. The molecule has 5 heterocycles. The number of Topliss-reactive ketones (excluding diaryl/α,β-unsaturated/α-hetero) is 1. The van der Waals surface area contributed by atoms with E-state index in [9.17, 15) is 13.6 Å². The zero-order valence-corrected chi connectivity index (χ0v) is 18.4. The Bertz CT molecular complexity index is 1300. The maximum absolute atomic E-state index is 13.2. The van der Waals surface area contributed by atoms with Gasteiger partial charge < -0.3 is 4.90 Å². The third-order valence-corrected chi connectivity index (χ3v) is 6.64. The van der Waals surface area contributed by atoms with Gasteiger partial charge in [0.05, 0.1) is 11.8 Å². The van der Waals surface area contributed by atoms with Crippen LogP contribution in [0.4, 0.5) is 14.7 Å². The van der Waals surface area contributed by atoms with E-state index in [1.807, 2.05) is 12.1 Å². The molecule has 8 nitrogen and oxygen atoms in total. The van der Waals surface area contributed by atoms with Gasteiger partial charge in [-0.2, -0.15) is 10.1 Å². The largest absolute Gasteiger partial charge is 0.340 e. The molecule has 0 bridgehead atoms. The van der Waals surface area contributed by atoms with Gasteiger partial charge >= 0.3 is 0 Å². The van der Waals surface area contributed by atoms with Crippen LogP contribution in [0.1, 0.15) is 45.9 Å². The number of ketones is 1. The highest BCUT2D eigenvalue weighted by molar-refractivity contribution is 7.15. The molecule has 32 heavy (non-hydrogen) atoms. The van der Waals surface area contributed by atoms with Gasteiger partial charge in [0.1, 0.15) is 16.4 Å². The first kappa shape index (κ1) is 20.7. The summed E-state index contributed by atoms with van der Waals surface area (Å²) in [4.78, 5) is 24.4. The van der Waals surface area contributed by atoms with E-state index in [2.05, 4.69) is 25.1 Å². The number of halogens is 2. The first-order chi connectivity index (χ1) is 15.4. The van der Waals surface area contributed by atoms with Crippen molar-refractivity contribution in [1.82, 2.24) is 29.4 Å². The maximum Gasteiger partial charge on any atom is 0.281 e. The van der Waals surface area contributed by atoms with E-state index < -0.39 is 6.43 Å². The van der Waals surface area contributed by atoms with E-state index in [1.54, 1.807) is 24.7 Å². The summed E-state index contributed by atoms with van der Waals surface area (Å²) in [5.41, 5.74) is 2.03. The predicted molar refractivity (Wildman–Crippen MR) is 116 cm³/mol. The topological polar surface area (TPSA) is 81.2 Å². The minimum atomic E-state index is -2.66. The Morgan fingerprint density at radius 3 is 2.75 bits per heavy atom. The SMILES string of the molecule is Cc1sc(-c2cnn(C)c2C(=O)Cc2ccn3nc(N4CCCC4)nc3c2)nc1C(F)F. The highest BCUT2D eigenvalue weighted by Crippen LogP contribution is 2.34. The minimum Gasteiger partial charge on any atom is -0.340 e. The zero-order valence-electron chi connectivity index (χ0n) is 17.6. The fraction of sp³-hybridized carbons (Fsp3) is 0.381. The molecule has 0 atom stereocenters. The second-order valence-corrected chi connectivity index (χ2v) is 9.04. The van der Waals surface area contributed by atoms with Gasteiger partial charge in [-0.1, -0.05) is 0 Å². The zero-order chi connectivity index (χ0) is 22.4. The number of carbonyl (C=O) groups excluding carboxylic acids is 1. The van der Waals surface area contributed by atoms with Gasteiger partial charge in [-0.05, 0) is 37.5 Å². The van der Waals surface area contributed by atoms with Crippen LogP contribution in [0, 0.1) is 6.92 Å². The third-order valence-electron chi connectivity index (χ3n) is 5.62. The van der Waals surface area contributed by atoms with Crippen LogP contribution in [0.15, 0.2) is 24.5 Å². The number of hydrogen-bond donors (Lipinski definition) is 0. The van der Waals surface area contributed by atoms with E-state index >= 15 is 0 Å². The van der Waals surface area contributed by atoms with Crippen molar-refractivity contribution in [2.75, 3.05) is 18.0 Å². The fourth-order valence-corrected chi connectivity index (χ4v) is 4.93. The number of aryl methyl sites for hydroxylation is 2. The number of pyridine rings is 1. The minimum absolute atomic E-state index is 0.126. The molecule has 1 fully saturated rings. The van der Waals surface area contributed by atoms with E-state index in [4.69, 9.17) is 0 Å². The van der Waals surface area contributed by atoms with Crippen molar-refractivity contribution in [3.8, 4) is 10.6 Å². The lowest BCUT2D eigenvalue weighted by Crippen LogP contribution is -2.19. The second kappa shape index (κ2) is 8.05. The van der Waals surface area contributed by atoms with Crippen LogP contribution in [0.2, 0.25) is 0 Å². The molecule has 4 aromatic heterocycles. The number of thiazole rings is 1. The van der Waals surface area contributed by atoms with Crippen molar-refractivity contribution in [2.24, 2.45) is 7.05 Å². The Hall–Kier alpha value is -3.21. The van der Waals surface area contributed by atoms with Crippen LogP contribution in [0.25, 0.3) is 16.2 Å². The molecule has 4 aromatic rings. The molecule has 0 saturated carbocycles. The molecule has 1 saturated heterocycles. The summed E-state index contributed by atoms with van der Waals surface area (Å²) in [7, 11) is 1.66. The van der Waals surface area contributed by atoms with Crippen LogP contribution in [-0.2, 0) is 13.5 Å². The number of anilines is 1. The van der Waals surface area contributed by atoms with Gasteiger partial charge in [0, 0.05) is 37.6 Å². The maximum atomic E-state index is 13.2. The summed E-state index contributed by atoms with van der Waals surface area (Å²) in [6.45, 7) is 3.51. The molecule has 11 heteroatoms. The second-order valence-electron chi connectivity index (χ2n) is 7.84. The Balaban J connectivity index is 1.42. The predicted octanol–water partition coefficient (Wildman–Crippen LogP) is 3.86. The monoisotopic (exact) mass is 457 g/mol. The van der Waals surface area contributed by atoms with Gasteiger partial charge in [0.2, 0.25) is 5.95 Å². The quantitative estimate of drug-likeness (QED) is 0.409. The summed E-state index contributed by atoms with van der Waals surface area (Å²) in [5.74, 6) is 0.531. The fourth-order valence-electron chi connectivity index (χ4n) is 3.99. The molecule has 0 radical (unpaired) electrons. The first-order valence-electron chi connectivity index (χ1n) is 10.3. The van der Waals surface area contributed by atoms with Crippen LogP contribution in [-0.4, -0.2) is 48.2 Å². The van der Waals surface area contributed by atoms with Gasteiger partial charge in [-0.3, -0.25) is 9.48 Å². The Kier molecular flexibility index (Phi) is 5.20. The molecule has 0 aliphatic carbocycles. The molecular formula is C21H21F2N7OS. The Morgan fingerprint density at radius 1 is 1.25 bits per heavy atom. The molecule has 0 unspecified atom stereocenters. The van der Waals surface area contributed by atoms with Crippen molar-refractivity contribution in [1.29, 1.82) is 0 Å². The van der Waals surface area contributed by atoms with Crippen LogP contribution < -0.4 is 4.90 Å². The highest BCUT2D eigenvalue weighted by Gasteiger charge is 2.24. The number of alkyl halides is 2. The van der Waals surface area contributed by atoms with Crippen molar-refractivity contribution in [2.45, 2.75) is 32.6 Å². The van der Waals surface area contributed by atoms with Crippen LogP contribution in [0.5, 0.6) is 0 Å². The lowest BCUT2D eigenvalue weighted by Gasteiger charge is -2.10. The van der Waals surface area contributed by atoms with E-state index in [0.717, 1.165) is 42.8 Å². The molecule has 5 rings (SSSR count). The summed E-state index contributed by atoms with van der Waals surface area (Å²) >= 11 is 1.14. The summed E-state index contributed by atoms with van der Waals surface area (Å²) < 4.78 is 29.5. The molecular weight excluding hydrogens is 436 g/mol. The van der Waals surface area contributed by atoms with Crippen LogP contribution in [0.3, 0.4) is 0 Å². The molecule has 0 amide bonds. The Labute approximate surface area is 186 Å². The number of carbonyl (C=O) groups is 1. The smallest absolute Gasteiger partial charge is 0.281 e. The molecule has 0 aromatic carbocycles. The molecule has 1 aliphatic rings. The number of hydrogen-bond acceptors (Lipinski definition) is 7. The van der Waals surface area contributed by atoms with E-state index in [0.29, 0.717) is 32.7 Å². The van der Waals surface area contributed by atoms with Gasteiger partial charge in [0.15, 0.2) is 11.4 Å². The van der Waals surface area contributed by atoms with Gasteiger partial charge in [0.25, 0.3) is 6.43 Å². The van der Waals surface area contributed by atoms with E-state index in [1.165, 1.54) is 10.9 Å². The molecule has 0 N–H and O–H groups in total. The normalized spacial score (nSPS) is 14.2. The summed E-state index contributed by atoms with van der Waals surface area (Å²) in [6, 6.07) is 3.69. The third kappa shape index (κ3) is 3.66. The van der Waals surface area contributed by atoms with Crippen molar-refractivity contribution in [3.05, 3.63) is 46.4 Å². The average Bonchev–Trinajstić information content (AvgIpc) is 3.52. The summed E-state index contributed by atoms with van der Waals surface area (Å²) in [5, 5.41) is 9.07. The average molecular weight is 458 g/mol. The number of rotatable bonds is 6. The Morgan fingerprint density at radius 2 is 2.03 bits per heavy atom. The number of fused-ring (bicyclic) bond motifs is 1. The van der Waals surface area contributed by atoms with Crippen LogP contribution >= 0.6 is 11.3 Å². The van der Waals surface area contributed by atoms with Gasteiger partial charge in [-0.25, -0.2) is 18.3 Å². The lowest BCUT2D eigenvalue weighted by molar-refractivity contribution is 0.0984. The first-order valence-corrected chi connectivity index (χ1v) is 11.1. The molecule has 166 valence electrons. The number of nitrogens with zero attached hydrogens (tertiary/aromatic N) is 7. The van der Waals surface area contributed by atoms with Crippen molar-refractivity contribution >= 4 is 28.7 Å². The highest BCUT2D eigenvalue weighted by atomic mass is 32.1. The summed E-state index contributed by atoms with van der Waals surface area (Å²) in [6.07, 6.45) is 3.05. The standard InChI is InChI=1S/C21H21F2N7OS/c1-12-17(19(22)23)26-20(32-12)14-11-24-28(2)18(14)15(31)9-13-5-8-30-16(10-13)25-21(27-30)29-6-3-4-7-29/h5,8,10-11,19H,3-4,6-7,9H2,1-2H3. The molecule has 0 spiro atoms. The van der Waals surface area contributed by atoms with Crippen molar-refractivity contribution in [3.63, 3.8) is 0 Å². The lowest BCUT2D eigenvalue weighted by atomic mass is 10.1. The van der Waals surface area contributed by atoms with E-state index in [-0.39, 0.29) is 17.9 Å². The molecule has 1 aliphatic heterocycles.